The second-order valence-electron chi connectivity index (χ2n) is 10.1. The summed E-state index contributed by atoms with van der Waals surface area (Å²) < 4.78 is 22.8. The van der Waals surface area contributed by atoms with Gasteiger partial charge in [0.15, 0.2) is 23.0 Å². The van der Waals surface area contributed by atoms with Crippen molar-refractivity contribution >= 4 is 35.3 Å². The number of benzene rings is 4. The lowest BCUT2D eigenvalue weighted by atomic mass is 10.1. The Labute approximate surface area is 260 Å². The quantitative estimate of drug-likeness (QED) is 0.123. The first-order valence-electron chi connectivity index (χ1n) is 13.8. The number of hydrogen-bond donors (Lipinski definition) is 0. The van der Waals surface area contributed by atoms with Crippen LogP contribution in [0, 0.1) is 6.92 Å². The number of aryl methyl sites for hydroxylation is 1. The van der Waals surface area contributed by atoms with Gasteiger partial charge in [0.1, 0.15) is 19.5 Å². The molecule has 224 valence electrons. The molecule has 1 aliphatic heterocycles. The van der Waals surface area contributed by atoms with Crippen molar-refractivity contribution < 1.29 is 33.3 Å². The minimum atomic E-state index is -0.316. The number of hydrogen-bond acceptors (Lipinski definition) is 8. The van der Waals surface area contributed by atoms with E-state index in [0.717, 1.165) is 45.9 Å². The molecule has 0 N–H and O–H groups in total. The Balaban J connectivity index is 1.18. The van der Waals surface area contributed by atoms with Crippen molar-refractivity contribution in [3.63, 3.8) is 0 Å². The summed E-state index contributed by atoms with van der Waals surface area (Å²) in [7, 11) is 3.09. The van der Waals surface area contributed by atoms with Gasteiger partial charge in [0.25, 0.3) is 11.1 Å². The molecule has 1 saturated heterocycles. The number of thioether (sulfide) groups is 1. The summed E-state index contributed by atoms with van der Waals surface area (Å²) in [5, 5.41) is -0.292. The molecule has 8 nitrogen and oxygen atoms in total. The maximum atomic E-state index is 13.0. The zero-order valence-corrected chi connectivity index (χ0v) is 25.4. The maximum Gasteiger partial charge on any atom is 0.293 e. The molecule has 0 bridgehead atoms. The maximum absolute atomic E-state index is 13.0. The number of nitrogens with zero attached hydrogens (tertiary/aromatic N) is 1. The molecule has 0 radical (unpaired) electrons. The largest absolute Gasteiger partial charge is 0.493 e. The summed E-state index contributed by atoms with van der Waals surface area (Å²) >= 11 is 0.929. The van der Waals surface area contributed by atoms with Gasteiger partial charge in [-0.15, -0.1) is 0 Å². The first-order valence-corrected chi connectivity index (χ1v) is 14.6. The Morgan fingerprint density at radius 1 is 0.682 bits per heavy atom. The van der Waals surface area contributed by atoms with Crippen LogP contribution in [0.15, 0.2) is 89.8 Å². The van der Waals surface area contributed by atoms with E-state index in [0.29, 0.717) is 46.7 Å². The normalized spacial score (nSPS) is 13.7. The standard InChI is InChI=1S/C35H31NO7S/c1-23-4-6-24(7-5-23)19-36-34(38)33(44-35(36)39)18-27-12-14-29(31(16-27)40-2)42-21-25-8-10-26(11-9-25)22-43-30-15-13-28(20-37)17-32(30)41-3/h4-18,20H,19,21-22H2,1-3H3/b33-18-. The molecule has 0 spiro atoms. The molecule has 2 amide bonds. The fraction of sp³-hybridized carbons (Fsp3) is 0.171. The van der Waals surface area contributed by atoms with Gasteiger partial charge in [-0.1, -0.05) is 60.2 Å². The highest BCUT2D eigenvalue weighted by molar-refractivity contribution is 8.18. The first kappa shape index (κ1) is 30.4. The number of carbonyl (C=O) groups excluding carboxylic acids is 3. The van der Waals surface area contributed by atoms with Crippen LogP contribution in [0.2, 0.25) is 0 Å². The molecular formula is C35H31NO7S. The first-order chi connectivity index (χ1) is 21.4. The van der Waals surface area contributed by atoms with E-state index in [1.165, 1.54) is 12.0 Å². The van der Waals surface area contributed by atoms with Crippen LogP contribution in [0.4, 0.5) is 4.79 Å². The number of ether oxygens (including phenoxy) is 4. The minimum Gasteiger partial charge on any atom is -0.493 e. The van der Waals surface area contributed by atoms with Crippen LogP contribution in [-0.2, 0) is 24.6 Å². The Morgan fingerprint density at radius 3 is 1.75 bits per heavy atom. The summed E-state index contributed by atoms with van der Waals surface area (Å²) in [5.74, 6) is 1.80. The SMILES string of the molecule is COc1cc(C=O)ccc1OCc1ccc(COc2ccc(/C=C3\SC(=O)N(Cc4ccc(C)cc4)C3=O)cc2OC)cc1. The van der Waals surface area contributed by atoms with E-state index in [-0.39, 0.29) is 17.7 Å². The molecule has 1 heterocycles. The van der Waals surface area contributed by atoms with Gasteiger partial charge < -0.3 is 18.9 Å². The highest BCUT2D eigenvalue weighted by Gasteiger charge is 2.35. The topological polar surface area (TPSA) is 91.4 Å². The van der Waals surface area contributed by atoms with E-state index in [1.54, 1.807) is 43.5 Å². The zero-order valence-electron chi connectivity index (χ0n) is 24.6. The van der Waals surface area contributed by atoms with E-state index in [1.807, 2.05) is 61.5 Å². The Morgan fingerprint density at radius 2 is 1.20 bits per heavy atom. The van der Waals surface area contributed by atoms with Gasteiger partial charge in [0.05, 0.1) is 25.7 Å². The molecule has 1 fully saturated rings. The number of imide groups is 1. The van der Waals surface area contributed by atoms with E-state index in [2.05, 4.69) is 0 Å². The lowest BCUT2D eigenvalue weighted by Crippen LogP contribution is -2.27. The molecule has 0 unspecified atom stereocenters. The number of aldehydes is 1. The number of methoxy groups -OCH3 is 2. The van der Waals surface area contributed by atoms with Gasteiger partial charge in [-0.05, 0) is 77.3 Å². The molecule has 0 aliphatic carbocycles. The molecule has 44 heavy (non-hydrogen) atoms. The average molecular weight is 610 g/mol. The molecule has 0 aromatic heterocycles. The second-order valence-corrected chi connectivity index (χ2v) is 11.1. The lowest BCUT2D eigenvalue weighted by Gasteiger charge is -2.13. The van der Waals surface area contributed by atoms with Crippen LogP contribution >= 0.6 is 11.8 Å². The number of carbonyl (C=O) groups is 3. The van der Waals surface area contributed by atoms with Crippen molar-refractivity contribution in [2.75, 3.05) is 14.2 Å². The average Bonchev–Trinajstić information content (AvgIpc) is 3.31. The molecule has 0 atom stereocenters. The molecular weight excluding hydrogens is 578 g/mol. The summed E-state index contributed by atoms with van der Waals surface area (Å²) in [6.45, 7) is 2.87. The molecule has 1 aliphatic rings. The van der Waals surface area contributed by atoms with Crippen molar-refractivity contribution in [2.24, 2.45) is 0 Å². The summed E-state index contributed by atoms with van der Waals surface area (Å²) in [4.78, 5) is 38.2. The van der Waals surface area contributed by atoms with Crippen LogP contribution in [-0.4, -0.2) is 36.6 Å². The smallest absolute Gasteiger partial charge is 0.293 e. The van der Waals surface area contributed by atoms with E-state index in [4.69, 9.17) is 18.9 Å². The predicted octanol–water partition coefficient (Wildman–Crippen LogP) is 7.22. The van der Waals surface area contributed by atoms with Crippen LogP contribution in [0.1, 0.15) is 38.2 Å². The predicted molar refractivity (Wildman–Crippen MR) is 169 cm³/mol. The fourth-order valence-corrected chi connectivity index (χ4v) is 5.33. The lowest BCUT2D eigenvalue weighted by molar-refractivity contribution is -0.123. The van der Waals surface area contributed by atoms with Gasteiger partial charge in [0.2, 0.25) is 0 Å². The van der Waals surface area contributed by atoms with Gasteiger partial charge in [-0.2, -0.15) is 0 Å². The third-order valence-electron chi connectivity index (χ3n) is 6.96. The monoisotopic (exact) mass is 609 g/mol. The van der Waals surface area contributed by atoms with Crippen molar-refractivity contribution in [1.29, 1.82) is 0 Å². The molecule has 0 saturated carbocycles. The van der Waals surface area contributed by atoms with Crippen molar-refractivity contribution in [3.05, 3.63) is 123 Å². The second kappa shape index (κ2) is 14.0. The van der Waals surface area contributed by atoms with Crippen LogP contribution in [0.5, 0.6) is 23.0 Å². The Bertz CT molecular complexity index is 1700. The Kier molecular flexibility index (Phi) is 9.66. The summed E-state index contributed by atoms with van der Waals surface area (Å²) in [5.41, 5.74) is 5.16. The number of amides is 2. The third kappa shape index (κ3) is 7.30. The highest BCUT2D eigenvalue weighted by atomic mass is 32.2. The minimum absolute atomic E-state index is 0.234. The van der Waals surface area contributed by atoms with E-state index < -0.39 is 0 Å². The molecule has 4 aromatic carbocycles. The summed E-state index contributed by atoms with van der Waals surface area (Å²) in [6.07, 6.45) is 2.45. The van der Waals surface area contributed by atoms with Crippen molar-refractivity contribution in [3.8, 4) is 23.0 Å². The molecule has 5 rings (SSSR count). The van der Waals surface area contributed by atoms with Crippen molar-refractivity contribution in [2.45, 2.75) is 26.7 Å². The highest BCUT2D eigenvalue weighted by Crippen LogP contribution is 2.35. The van der Waals surface area contributed by atoms with Crippen LogP contribution in [0.3, 0.4) is 0 Å². The summed E-state index contributed by atoms with van der Waals surface area (Å²) in [6, 6.07) is 26.0. The Hall–Kier alpha value is -5.02. The van der Waals surface area contributed by atoms with E-state index >= 15 is 0 Å². The van der Waals surface area contributed by atoms with Gasteiger partial charge in [-0.25, -0.2) is 0 Å². The zero-order chi connectivity index (χ0) is 31.1. The number of rotatable bonds is 12. The van der Waals surface area contributed by atoms with Gasteiger partial charge in [-0.3, -0.25) is 19.3 Å². The van der Waals surface area contributed by atoms with Crippen LogP contribution < -0.4 is 18.9 Å². The van der Waals surface area contributed by atoms with Crippen molar-refractivity contribution in [1.82, 2.24) is 4.90 Å². The molecule has 4 aromatic rings. The van der Waals surface area contributed by atoms with E-state index in [9.17, 15) is 14.4 Å². The fourth-order valence-electron chi connectivity index (χ4n) is 4.49. The van der Waals surface area contributed by atoms with Gasteiger partial charge in [0, 0.05) is 5.56 Å². The van der Waals surface area contributed by atoms with Crippen LogP contribution in [0.25, 0.3) is 6.08 Å². The molecule has 9 heteroatoms. The third-order valence-corrected chi connectivity index (χ3v) is 7.86. The van der Waals surface area contributed by atoms with Gasteiger partial charge >= 0.3 is 0 Å².